The molecular weight excluding hydrogens is 624 g/mol. The van der Waals surface area contributed by atoms with Gasteiger partial charge in [-0.1, -0.05) is 42.5 Å². The van der Waals surface area contributed by atoms with Gasteiger partial charge >= 0.3 is 0 Å². The summed E-state index contributed by atoms with van der Waals surface area (Å²) in [5.74, 6) is -5.64. The third-order valence-corrected chi connectivity index (χ3v) is 11.0. The Balaban J connectivity index is 1.46. The summed E-state index contributed by atoms with van der Waals surface area (Å²) >= 11 is 0. The van der Waals surface area contributed by atoms with Gasteiger partial charge in [-0.25, -0.2) is 0 Å². The second-order valence-electron chi connectivity index (χ2n) is 14.1. The molecule has 0 unspecified atom stereocenters. The average molecular weight is 663 g/mol. The maximum Gasteiger partial charge on any atom is 0.255 e. The molecule has 2 fully saturated rings. The molecule has 0 spiro atoms. The Labute approximate surface area is 282 Å². The number of Topliss-reactive ketones (excluding diaryl/α,β-unsaturated/α-hetero) is 2. The van der Waals surface area contributed by atoms with Gasteiger partial charge in [-0.05, 0) is 92.0 Å². The quantitative estimate of drug-likeness (QED) is 0.218. The van der Waals surface area contributed by atoms with Crippen LogP contribution in [0, 0.1) is 16.7 Å². The van der Waals surface area contributed by atoms with E-state index >= 15 is 0 Å². The third kappa shape index (κ3) is 4.26. The summed E-state index contributed by atoms with van der Waals surface area (Å²) < 4.78 is 0. The Kier molecular flexibility index (Phi) is 7.28. The first kappa shape index (κ1) is 32.5. The number of primary amides is 1. The highest BCUT2D eigenvalue weighted by Crippen LogP contribution is 2.59. The van der Waals surface area contributed by atoms with Crippen LogP contribution in [0.4, 0.5) is 0 Å². The first-order chi connectivity index (χ1) is 23.2. The van der Waals surface area contributed by atoms with E-state index in [2.05, 4.69) is 17.0 Å². The van der Waals surface area contributed by atoms with Gasteiger partial charge in [-0.3, -0.25) is 24.2 Å². The second kappa shape index (κ2) is 11.0. The number of nitrogens with two attached hydrogens (primary N) is 3. The molecule has 12 nitrogen and oxygen atoms in total. The van der Waals surface area contributed by atoms with E-state index in [1.165, 1.54) is 43.5 Å². The van der Waals surface area contributed by atoms with E-state index in [4.69, 9.17) is 17.2 Å². The fraction of sp³-hybridized carbons (Fsp3) is 0.351. The molecule has 3 aromatic carbocycles. The largest absolute Gasteiger partial charge is 0.509 e. The lowest BCUT2D eigenvalue weighted by molar-refractivity contribution is -0.139. The van der Waals surface area contributed by atoms with E-state index < -0.39 is 69.1 Å². The maximum absolute atomic E-state index is 14.7. The predicted octanol–water partition coefficient (Wildman–Crippen LogP) is 2.32. The number of nitriles is 1. The molecule has 9 N–H and O–H groups in total. The Morgan fingerprint density at radius 2 is 1.65 bits per heavy atom. The molecule has 3 aliphatic carbocycles. The number of phenolic OH excluding ortho intramolecular Hbond substituents is 1. The molecular formula is C37H38N6O6. The summed E-state index contributed by atoms with van der Waals surface area (Å²) in [5, 5.41) is 47.2. The fourth-order valence-corrected chi connectivity index (χ4v) is 9.00. The van der Waals surface area contributed by atoms with Crippen molar-refractivity contribution in [3.63, 3.8) is 0 Å². The highest BCUT2D eigenvalue weighted by atomic mass is 16.3. The third-order valence-electron chi connectivity index (χ3n) is 11.0. The number of likely N-dealkylation sites (tertiary alicyclic amines) is 1. The summed E-state index contributed by atoms with van der Waals surface area (Å²) in [6, 6.07) is 15.6. The molecule has 1 saturated carbocycles. The number of ketones is 2. The van der Waals surface area contributed by atoms with Gasteiger partial charge in [0.15, 0.2) is 17.0 Å². The number of aromatic hydroxyl groups is 1. The first-order valence-electron chi connectivity index (χ1n) is 16.2. The number of hydrogen-bond donors (Lipinski definition) is 6. The van der Waals surface area contributed by atoms with Crippen molar-refractivity contribution < 1.29 is 29.7 Å². The molecule has 49 heavy (non-hydrogen) atoms. The van der Waals surface area contributed by atoms with Crippen LogP contribution in [0.5, 0.6) is 5.75 Å². The highest BCUT2D eigenvalue weighted by molar-refractivity contribution is 6.25. The fourth-order valence-electron chi connectivity index (χ4n) is 9.00. The number of fused-ring (bicyclic) bond motifs is 4. The zero-order valence-electron chi connectivity index (χ0n) is 27.3. The van der Waals surface area contributed by atoms with Crippen LogP contribution < -0.4 is 17.2 Å². The molecule has 0 aromatic heterocycles. The van der Waals surface area contributed by atoms with Crippen LogP contribution in [0.1, 0.15) is 36.0 Å². The van der Waals surface area contributed by atoms with Crippen molar-refractivity contribution >= 4 is 34.0 Å². The number of carbonyl (C=O) groups excluding carboxylic acids is 3. The number of carbonyl (C=O) groups is 3. The van der Waals surface area contributed by atoms with Crippen molar-refractivity contribution in [3.05, 3.63) is 82.1 Å². The molecule has 12 heteroatoms. The van der Waals surface area contributed by atoms with E-state index in [9.17, 15) is 35.0 Å². The molecule has 252 valence electrons. The normalized spacial score (nSPS) is 28.4. The topological polar surface area (TPSA) is 220 Å². The smallest absolute Gasteiger partial charge is 0.255 e. The molecule has 7 rings (SSSR count). The van der Waals surface area contributed by atoms with Crippen LogP contribution in [0.3, 0.4) is 0 Å². The second-order valence-corrected chi connectivity index (χ2v) is 14.1. The molecule has 0 radical (unpaired) electrons. The van der Waals surface area contributed by atoms with Gasteiger partial charge < -0.3 is 32.5 Å². The van der Waals surface area contributed by atoms with Crippen molar-refractivity contribution in [1.29, 1.82) is 5.26 Å². The first-order valence-corrected chi connectivity index (χ1v) is 16.2. The van der Waals surface area contributed by atoms with Gasteiger partial charge in [0.1, 0.15) is 22.8 Å². The number of nitrogens with zero attached hydrogens (tertiary/aromatic N) is 3. The zero-order chi connectivity index (χ0) is 35.2. The predicted molar refractivity (Wildman–Crippen MR) is 182 cm³/mol. The monoisotopic (exact) mass is 662 g/mol. The summed E-state index contributed by atoms with van der Waals surface area (Å²) in [7, 11) is 2.98. The standard InChI is InChI=1S/C37H38N6O6/c1-42(2)31-30(46)27(34(39)49)32(47)36(18-38)33(48)28-29(45)26-24(15-35(28,40)17-37(31,36)41)23(11-12-25(26)44)22-10-9-19(16-43-13-5-6-14-43)20-7-3-4-8-21(20)22/h3-4,7-12,31,44-45,47H,5-6,13-17,40-41H2,1-2H3,(H2,39,49)/t31-,35-,36+,37-/m1/s1. The van der Waals surface area contributed by atoms with Gasteiger partial charge in [0.05, 0.1) is 34.3 Å². The minimum absolute atomic E-state index is 0.0422. The Hall–Kier alpha value is -5.06. The Bertz CT molecular complexity index is 2110. The molecule has 4 atom stereocenters. The van der Waals surface area contributed by atoms with E-state index in [-0.39, 0.29) is 17.7 Å². The summed E-state index contributed by atoms with van der Waals surface area (Å²) in [5.41, 5.74) is 14.6. The van der Waals surface area contributed by atoms with E-state index in [0.717, 1.165) is 36.0 Å². The van der Waals surface area contributed by atoms with Gasteiger partial charge in [-0.2, -0.15) is 5.26 Å². The van der Waals surface area contributed by atoms with E-state index in [0.29, 0.717) is 11.1 Å². The van der Waals surface area contributed by atoms with Crippen molar-refractivity contribution in [2.75, 3.05) is 27.2 Å². The number of benzene rings is 3. The maximum atomic E-state index is 14.7. The molecule has 0 bridgehead atoms. The van der Waals surface area contributed by atoms with Gasteiger partial charge in [0, 0.05) is 6.54 Å². The van der Waals surface area contributed by atoms with Crippen LogP contribution in [-0.4, -0.2) is 86.9 Å². The number of hydrogen-bond acceptors (Lipinski definition) is 11. The summed E-state index contributed by atoms with van der Waals surface area (Å²) in [4.78, 5) is 44.6. The summed E-state index contributed by atoms with van der Waals surface area (Å²) in [6.45, 7) is 2.89. The van der Waals surface area contributed by atoms with Gasteiger partial charge in [-0.15, -0.1) is 0 Å². The van der Waals surface area contributed by atoms with Crippen LogP contribution in [0.2, 0.25) is 0 Å². The zero-order valence-corrected chi connectivity index (χ0v) is 27.3. The van der Waals surface area contributed by atoms with Crippen LogP contribution >= 0.6 is 0 Å². The van der Waals surface area contributed by atoms with Crippen LogP contribution in [0.25, 0.3) is 27.7 Å². The van der Waals surface area contributed by atoms with Gasteiger partial charge in [0.25, 0.3) is 5.91 Å². The minimum Gasteiger partial charge on any atom is -0.509 e. The average Bonchev–Trinajstić information content (AvgIpc) is 3.54. The Morgan fingerprint density at radius 3 is 2.29 bits per heavy atom. The van der Waals surface area contributed by atoms with Gasteiger partial charge in [0.2, 0.25) is 0 Å². The number of likely N-dealkylation sites (N-methyl/N-ethyl adjacent to an activating group) is 1. The number of rotatable bonds is 5. The van der Waals surface area contributed by atoms with Crippen molar-refractivity contribution in [3.8, 4) is 22.9 Å². The number of aliphatic hydroxyl groups is 2. The minimum atomic E-state index is -2.71. The van der Waals surface area contributed by atoms with Crippen molar-refractivity contribution in [2.24, 2.45) is 22.6 Å². The molecule has 1 heterocycles. The number of amides is 1. The summed E-state index contributed by atoms with van der Waals surface area (Å²) in [6.07, 6.45) is 1.78. The highest BCUT2D eigenvalue weighted by Gasteiger charge is 2.74. The molecule has 1 aliphatic heterocycles. The number of phenols is 1. The van der Waals surface area contributed by atoms with Crippen molar-refractivity contribution in [2.45, 2.75) is 49.3 Å². The SMILES string of the molecule is CN(C)[C@@H]1C(=O)C(C(N)=O)=C(O)[C@@]2(C#N)C(=O)C3=C(O)c4c(O)ccc(-c5ccc(CN6CCCC6)c6ccccc56)c4C[C@@]3(N)C[C@@]12N. The lowest BCUT2D eigenvalue weighted by Crippen LogP contribution is -2.80. The Morgan fingerprint density at radius 1 is 1.00 bits per heavy atom. The van der Waals surface area contributed by atoms with Crippen molar-refractivity contribution in [1.82, 2.24) is 9.80 Å². The van der Waals surface area contributed by atoms with E-state index in [1.807, 2.05) is 30.3 Å². The molecule has 1 amide bonds. The van der Waals surface area contributed by atoms with Crippen LogP contribution in [0.15, 0.2) is 65.4 Å². The molecule has 3 aromatic rings. The molecule has 1 saturated heterocycles. The van der Waals surface area contributed by atoms with Crippen LogP contribution in [-0.2, 0) is 27.3 Å². The lowest BCUT2D eigenvalue weighted by Gasteiger charge is -2.58. The van der Waals surface area contributed by atoms with E-state index in [1.54, 1.807) is 6.07 Å². The lowest BCUT2D eigenvalue weighted by atomic mass is 9.47. The number of aliphatic hydroxyl groups excluding tert-OH is 2. The molecule has 4 aliphatic rings.